The number of carboxylic acids is 1. The summed E-state index contributed by atoms with van der Waals surface area (Å²) in [5, 5.41) is 11.8. The maximum atomic E-state index is 12.9. The summed E-state index contributed by atoms with van der Waals surface area (Å²) < 4.78 is 22.8. The minimum Gasteiger partial charge on any atom is -0.545 e. The average molecular weight is 1140 g/mol. The molecule has 474 valence electrons. The predicted molar refractivity (Wildman–Crippen MR) is 343 cm³/mol. The van der Waals surface area contributed by atoms with Gasteiger partial charge in [-0.1, -0.05) is 294 Å². The van der Waals surface area contributed by atoms with E-state index in [4.69, 9.17) is 18.9 Å². The molecule has 0 aromatic rings. The smallest absolute Gasteiger partial charge is 0.306 e. The molecule has 0 radical (unpaired) electrons. The fourth-order valence-corrected chi connectivity index (χ4v) is 10.2. The maximum absolute atomic E-state index is 12.9. The standard InChI is InChI=1S/C72H133NO8/c1-6-8-10-12-14-16-18-20-22-24-26-28-30-32-34-35-37-38-40-42-44-46-48-50-52-54-56-58-60-62-69(74)79-66-68(67-80-72(71(76)77)78-65-64-73(3,4)5)81-70(75)63-61-59-57-55-53-51-49-47-45-43-41-39-36-33-31-29-27-25-23-21-19-17-15-13-11-9-7-2/h19,21,24-27,31,33,68,72H,6-18,20,22-23,28-30,32,34-67H2,1-5H3/b21-19-,26-24-,27-25-,33-31-. The van der Waals surface area contributed by atoms with Gasteiger partial charge < -0.3 is 33.3 Å². The van der Waals surface area contributed by atoms with Crippen LogP contribution in [0.15, 0.2) is 48.6 Å². The van der Waals surface area contributed by atoms with Crippen LogP contribution in [-0.4, -0.2) is 82.3 Å². The number of likely N-dealkylation sites (N-methyl/N-ethyl adjacent to an activating group) is 1. The number of unbranched alkanes of at least 4 members (excludes halogenated alkanes) is 42. The number of nitrogens with zero attached hydrogens (tertiary/aromatic N) is 1. The molecule has 0 amide bonds. The Kier molecular flexibility index (Phi) is 61.1. The fourth-order valence-electron chi connectivity index (χ4n) is 10.2. The van der Waals surface area contributed by atoms with Gasteiger partial charge in [0, 0.05) is 12.8 Å². The Morgan fingerprint density at radius 3 is 1.00 bits per heavy atom. The number of hydrogen-bond donors (Lipinski definition) is 0. The van der Waals surface area contributed by atoms with Gasteiger partial charge in [0.1, 0.15) is 13.2 Å². The van der Waals surface area contributed by atoms with Crippen LogP contribution in [0.2, 0.25) is 0 Å². The summed E-state index contributed by atoms with van der Waals surface area (Å²) in [7, 11) is 5.94. The molecule has 0 saturated carbocycles. The zero-order chi connectivity index (χ0) is 59.1. The van der Waals surface area contributed by atoms with E-state index in [0.717, 1.165) is 51.4 Å². The molecule has 2 atom stereocenters. The molecule has 0 aliphatic heterocycles. The lowest BCUT2D eigenvalue weighted by Gasteiger charge is -2.26. The second-order valence-corrected chi connectivity index (χ2v) is 24.8. The molecular weight excluding hydrogens is 1010 g/mol. The molecule has 0 heterocycles. The number of quaternary nitrogens is 1. The van der Waals surface area contributed by atoms with E-state index >= 15 is 0 Å². The molecule has 81 heavy (non-hydrogen) atoms. The molecule has 0 aromatic heterocycles. The van der Waals surface area contributed by atoms with Gasteiger partial charge in [0.15, 0.2) is 12.4 Å². The first kappa shape index (κ1) is 78.2. The Labute approximate surface area is 502 Å². The molecule has 0 aliphatic carbocycles. The average Bonchev–Trinajstić information content (AvgIpc) is 3.44. The molecule has 0 fully saturated rings. The van der Waals surface area contributed by atoms with Crippen molar-refractivity contribution in [1.82, 2.24) is 0 Å². The van der Waals surface area contributed by atoms with Crippen LogP contribution in [0.4, 0.5) is 0 Å². The lowest BCUT2D eigenvalue weighted by atomic mass is 10.0. The topological polar surface area (TPSA) is 111 Å². The van der Waals surface area contributed by atoms with Gasteiger partial charge in [-0.15, -0.1) is 0 Å². The van der Waals surface area contributed by atoms with E-state index in [1.54, 1.807) is 0 Å². The molecular formula is C72H133NO8. The first-order chi connectivity index (χ1) is 39.6. The van der Waals surface area contributed by atoms with Gasteiger partial charge in [-0.2, -0.15) is 0 Å². The van der Waals surface area contributed by atoms with E-state index in [-0.39, 0.29) is 32.2 Å². The highest BCUT2D eigenvalue weighted by Crippen LogP contribution is 2.18. The van der Waals surface area contributed by atoms with Crippen molar-refractivity contribution in [3.8, 4) is 0 Å². The third-order valence-corrected chi connectivity index (χ3v) is 15.5. The van der Waals surface area contributed by atoms with Gasteiger partial charge in [-0.25, -0.2) is 0 Å². The summed E-state index contributed by atoms with van der Waals surface area (Å²) in [5.41, 5.74) is 0. The van der Waals surface area contributed by atoms with Crippen molar-refractivity contribution in [2.45, 2.75) is 347 Å². The quantitative estimate of drug-likeness (QED) is 0.0195. The highest BCUT2D eigenvalue weighted by Gasteiger charge is 2.22. The lowest BCUT2D eigenvalue weighted by Crippen LogP contribution is -2.44. The van der Waals surface area contributed by atoms with E-state index in [1.165, 1.54) is 250 Å². The van der Waals surface area contributed by atoms with Gasteiger partial charge in [-0.3, -0.25) is 9.59 Å². The van der Waals surface area contributed by atoms with E-state index in [0.29, 0.717) is 23.9 Å². The first-order valence-electron chi connectivity index (χ1n) is 34.8. The number of allylic oxidation sites excluding steroid dienone is 8. The monoisotopic (exact) mass is 1140 g/mol. The van der Waals surface area contributed by atoms with Crippen LogP contribution < -0.4 is 5.11 Å². The molecule has 0 bridgehead atoms. The zero-order valence-corrected chi connectivity index (χ0v) is 54.2. The van der Waals surface area contributed by atoms with Gasteiger partial charge in [0.05, 0.1) is 40.3 Å². The number of aliphatic carboxylic acids is 1. The van der Waals surface area contributed by atoms with Crippen molar-refractivity contribution >= 4 is 17.9 Å². The Hall–Kier alpha value is -2.75. The van der Waals surface area contributed by atoms with Crippen molar-refractivity contribution in [2.75, 3.05) is 47.5 Å². The van der Waals surface area contributed by atoms with E-state index in [2.05, 4.69) is 62.5 Å². The van der Waals surface area contributed by atoms with Crippen molar-refractivity contribution < 1.29 is 42.9 Å². The summed E-state index contributed by atoms with van der Waals surface area (Å²) in [6.07, 6.45) is 77.6. The fraction of sp³-hybridized carbons (Fsp3) is 0.847. The SMILES string of the molecule is CCCCCCC/C=C\C/C=C\C/C=C\CCCCCCCCCCCCCCC(=O)OC(COC(=O)CCCCCCCCCCCCCCCCCCC/C=C\CCCCCCCCCC)COC(OCC[N+](C)(C)C)C(=O)[O-]. The molecule has 0 spiro atoms. The number of carboxylic acid groups (broad SMARTS) is 1. The van der Waals surface area contributed by atoms with Gasteiger partial charge in [-0.05, 0) is 77.0 Å². The molecule has 0 aliphatic rings. The van der Waals surface area contributed by atoms with Crippen molar-refractivity contribution in [1.29, 1.82) is 0 Å². The van der Waals surface area contributed by atoms with Crippen molar-refractivity contribution in [3.05, 3.63) is 48.6 Å². The van der Waals surface area contributed by atoms with Crippen molar-refractivity contribution in [3.63, 3.8) is 0 Å². The molecule has 9 heteroatoms. The highest BCUT2D eigenvalue weighted by molar-refractivity contribution is 5.70. The van der Waals surface area contributed by atoms with Crippen molar-refractivity contribution in [2.24, 2.45) is 0 Å². The third kappa shape index (κ3) is 64.7. The number of carbonyl (C=O) groups excluding carboxylic acids is 3. The molecule has 0 aromatic carbocycles. The lowest BCUT2D eigenvalue weighted by molar-refractivity contribution is -0.870. The van der Waals surface area contributed by atoms with Crippen LogP contribution in [-0.2, 0) is 33.3 Å². The number of hydrogen-bond acceptors (Lipinski definition) is 8. The first-order valence-corrected chi connectivity index (χ1v) is 34.8. The largest absolute Gasteiger partial charge is 0.545 e. The second kappa shape index (κ2) is 63.3. The van der Waals surface area contributed by atoms with Crippen LogP contribution in [0.3, 0.4) is 0 Å². The summed E-state index contributed by atoms with van der Waals surface area (Å²) in [4.78, 5) is 37.5. The third-order valence-electron chi connectivity index (χ3n) is 15.5. The van der Waals surface area contributed by atoms with Crippen LogP contribution in [0.25, 0.3) is 0 Å². The Morgan fingerprint density at radius 1 is 0.370 bits per heavy atom. The maximum Gasteiger partial charge on any atom is 0.306 e. The van der Waals surface area contributed by atoms with Crippen LogP contribution in [0.1, 0.15) is 335 Å². The minimum absolute atomic E-state index is 0.148. The highest BCUT2D eigenvalue weighted by atomic mass is 16.7. The van der Waals surface area contributed by atoms with E-state index in [9.17, 15) is 19.5 Å². The molecule has 0 N–H and O–H groups in total. The minimum atomic E-state index is -1.62. The Balaban J connectivity index is 4.10. The van der Waals surface area contributed by atoms with Crippen LogP contribution in [0, 0.1) is 0 Å². The number of esters is 2. The van der Waals surface area contributed by atoms with Gasteiger partial charge in [0.2, 0.25) is 0 Å². The number of carbonyl (C=O) groups is 3. The van der Waals surface area contributed by atoms with Crippen LogP contribution in [0.5, 0.6) is 0 Å². The molecule has 2 unspecified atom stereocenters. The summed E-state index contributed by atoms with van der Waals surface area (Å²) in [5.74, 6) is -2.26. The Morgan fingerprint density at radius 2 is 0.667 bits per heavy atom. The van der Waals surface area contributed by atoms with Crippen LogP contribution >= 0.6 is 0 Å². The van der Waals surface area contributed by atoms with Gasteiger partial charge >= 0.3 is 11.9 Å². The normalized spacial score (nSPS) is 13.0. The second-order valence-electron chi connectivity index (χ2n) is 24.8. The van der Waals surface area contributed by atoms with E-state index in [1.807, 2.05) is 21.1 Å². The van der Waals surface area contributed by atoms with Gasteiger partial charge in [0.25, 0.3) is 0 Å². The summed E-state index contributed by atoms with van der Waals surface area (Å²) in [6, 6.07) is 0. The van der Waals surface area contributed by atoms with E-state index < -0.39 is 24.3 Å². The summed E-state index contributed by atoms with van der Waals surface area (Å²) in [6.45, 7) is 4.79. The number of rotatable bonds is 65. The summed E-state index contributed by atoms with van der Waals surface area (Å²) >= 11 is 0. The zero-order valence-electron chi connectivity index (χ0n) is 54.2. The Bertz CT molecular complexity index is 1470. The molecule has 0 rings (SSSR count). The number of ether oxygens (including phenoxy) is 4. The molecule has 9 nitrogen and oxygen atoms in total. The molecule has 0 saturated heterocycles. The predicted octanol–water partition coefficient (Wildman–Crippen LogP) is 20.0.